The zero-order chi connectivity index (χ0) is 14.9. The van der Waals surface area contributed by atoms with E-state index in [4.69, 9.17) is 4.74 Å². The summed E-state index contributed by atoms with van der Waals surface area (Å²) in [6.07, 6.45) is 1.53. The number of hydrogen-bond donors (Lipinski definition) is 0. The average molecular weight is 341 g/mol. The lowest BCUT2D eigenvalue weighted by atomic mass is 10.2. The molecule has 0 saturated carbocycles. The highest BCUT2D eigenvalue weighted by Gasteiger charge is 2.17. The maximum Gasteiger partial charge on any atom is 0.275 e. The summed E-state index contributed by atoms with van der Waals surface area (Å²) < 4.78 is 20.0. The number of nitro benzene ring substituents is 1. The van der Waals surface area contributed by atoms with Gasteiger partial charge in [-0.3, -0.25) is 10.1 Å². The van der Waals surface area contributed by atoms with Crippen molar-refractivity contribution in [2.75, 3.05) is 0 Å². The van der Waals surface area contributed by atoms with E-state index in [1.54, 1.807) is 13.0 Å². The average Bonchev–Trinajstić information content (AvgIpc) is 2.36. The van der Waals surface area contributed by atoms with Crippen molar-refractivity contribution >= 4 is 21.6 Å². The third-order valence-electron chi connectivity index (χ3n) is 2.65. The zero-order valence-electron chi connectivity index (χ0n) is 10.7. The third kappa shape index (κ3) is 2.93. The van der Waals surface area contributed by atoms with Crippen LogP contribution < -0.4 is 4.74 Å². The van der Waals surface area contributed by atoms with Gasteiger partial charge >= 0.3 is 0 Å². The molecule has 0 atom stereocenters. The maximum atomic E-state index is 13.8. The summed E-state index contributed by atoms with van der Waals surface area (Å²) in [6, 6.07) is 3.91. The van der Waals surface area contributed by atoms with E-state index in [0.29, 0.717) is 5.56 Å². The van der Waals surface area contributed by atoms with Gasteiger partial charge in [-0.15, -0.1) is 0 Å². The van der Waals surface area contributed by atoms with Crippen LogP contribution in [-0.2, 0) is 0 Å². The molecule has 1 heterocycles. The molecule has 2 aromatic rings. The van der Waals surface area contributed by atoms with Gasteiger partial charge in [0.2, 0.25) is 5.88 Å². The summed E-state index contributed by atoms with van der Waals surface area (Å²) in [5.41, 5.74) is 0.756. The van der Waals surface area contributed by atoms with Crippen LogP contribution in [0, 0.1) is 29.8 Å². The van der Waals surface area contributed by atoms with Gasteiger partial charge in [0, 0.05) is 21.8 Å². The molecular formula is C13H10BrFN2O3. The van der Waals surface area contributed by atoms with Crippen LogP contribution >= 0.6 is 15.9 Å². The number of aromatic nitrogens is 1. The van der Waals surface area contributed by atoms with E-state index < -0.39 is 10.7 Å². The predicted molar refractivity (Wildman–Crippen MR) is 74.5 cm³/mol. The highest BCUT2D eigenvalue weighted by molar-refractivity contribution is 9.10. The number of pyridine rings is 1. The van der Waals surface area contributed by atoms with E-state index in [-0.39, 0.29) is 17.3 Å². The smallest absolute Gasteiger partial charge is 0.275 e. The Balaban J connectivity index is 2.39. The Bertz CT molecular complexity index is 692. The molecule has 7 heteroatoms. The lowest BCUT2D eigenvalue weighted by molar-refractivity contribution is -0.385. The molecule has 20 heavy (non-hydrogen) atoms. The molecule has 1 aromatic carbocycles. The van der Waals surface area contributed by atoms with Gasteiger partial charge in [0.1, 0.15) is 0 Å². The quantitative estimate of drug-likeness (QED) is 0.617. The van der Waals surface area contributed by atoms with E-state index >= 15 is 0 Å². The minimum atomic E-state index is -0.800. The topological polar surface area (TPSA) is 65.3 Å². The van der Waals surface area contributed by atoms with Crippen molar-refractivity contribution in [3.05, 3.63) is 55.9 Å². The van der Waals surface area contributed by atoms with Gasteiger partial charge in [-0.2, -0.15) is 0 Å². The second-order valence-corrected chi connectivity index (χ2v) is 5.12. The Kier molecular flexibility index (Phi) is 3.99. The molecule has 0 aliphatic carbocycles. The number of aryl methyl sites for hydroxylation is 2. The Morgan fingerprint density at radius 2 is 2.00 bits per heavy atom. The van der Waals surface area contributed by atoms with Crippen LogP contribution in [0.25, 0.3) is 0 Å². The van der Waals surface area contributed by atoms with Crippen molar-refractivity contribution in [2.24, 2.45) is 0 Å². The summed E-state index contributed by atoms with van der Waals surface area (Å²) in [5, 5.41) is 10.7. The molecule has 0 saturated heterocycles. The normalized spacial score (nSPS) is 10.4. The number of nitrogens with zero attached hydrogens (tertiary/aromatic N) is 2. The van der Waals surface area contributed by atoms with Crippen LogP contribution in [0.4, 0.5) is 10.1 Å². The number of nitro groups is 1. The Morgan fingerprint density at radius 1 is 1.30 bits per heavy atom. The molecule has 0 bridgehead atoms. The number of halogens is 2. The summed E-state index contributed by atoms with van der Waals surface area (Å²) >= 11 is 3.27. The van der Waals surface area contributed by atoms with Crippen molar-refractivity contribution in [3.63, 3.8) is 0 Å². The van der Waals surface area contributed by atoms with Crippen LogP contribution in [0.2, 0.25) is 0 Å². The van der Waals surface area contributed by atoms with Gasteiger partial charge in [0.15, 0.2) is 11.6 Å². The molecular weight excluding hydrogens is 331 g/mol. The summed E-state index contributed by atoms with van der Waals surface area (Å²) in [6.45, 7) is 3.29. The monoisotopic (exact) mass is 340 g/mol. The third-order valence-corrected chi connectivity index (χ3v) is 3.08. The first-order valence-corrected chi connectivity index (χ1v) is 6.42. The van der Waals surface area contributed by atoms with Gasteiger partial charge in [-0.25, -0.2) is 9.37 Å². The first-order valence-electron chi connectivity index (χ1n) is 5.63. The van der Waals surface area contributed by atoms with Crippen LogP contribution in [0.3, 0.4) is 0 Å². The lowest BCUT2D eigenvalue weighted by Crippen LogP contribution is -1.97. The van der Waals surface area contributed by atoms with Gasteiger partial charge in [0.25, 0.3) is 5.69 Å². The molecule has 0 radical (unpaired) electrons. The van der Waals surface area contributed by atoms with Crippen molar-refractivity contribution in [1.29, 1.82) is 0 Å². The van der Waals surface area contributed by atoms with Crippen LogP contribution in [0.5, 0.6) is 11.6 Å². The van der Waals surface area contributed by atoms with Gasteiger partial charge < -0.3 is 4.74 Å². The van der Waals surface area contributed by atoms with Gasteiger partial charge in [0.05, 0.1) is 11.0 Å². The molecule has 0 N–H and O–H groups in total. The SMILES string of the molecule is Cc1cc(Oc2ncc(Br)cc2C)c(F)cc1[N+](=O)[O-]. The summed E-state index contributed by atoms with van der Waals surface area (Å²) in [5.74, 6) is -0.641. The summed E-state index contributed by atoms with van der Waals surface area (Å²) in [4.78, 5) is 14.1. The fourth-order valence-corrected chi connectivity index (χ4v) is 2.10. The molecule has 5 nitrogen and oxygen atoms in total. The molecule has 0 fully saturated rings. The highest BCUT2D eigenvalue weighted by atomic mass is 79.9. The van der Waals surface area contributed by atoms with Crippen molar-refractivity contribution in [2.45, 2.75) is 13.8 Å². The predicted octanol–water partition coefficient (Wildman–Crippen LogP) is 4.30. The van der Waals surface area contributed by atoms with E-state index in [0.717, 1.165) is 16.1 Å². The molecule has 104 valence electrons. The Hall–Kier alpha value is -2.02. The first kappa shape index (κ1) is 14.4. The molecule has 0 spiro atoms. The fourth-order valence-electron chi connectivity index (χ4n) is 1.66. The molecule has 0 aliphatic rings. The molecule has 0 unspecified atom stereocenters. The van der Waals surface area contributed by atoms with Crippen LogP contribution in [0.1, 0.15) is 11.1 Å². The zero-order valence-corrected chi connectivity index (χ0v) is 12.3. The Labute approximate surface area is 122 Å². The molecule has 2 rings (SSSR count). The number of benzene rings is 1. The Morgan fingerprint density at radius 3 is 2.60 bits per heavy atom. The van der Waals surface area contributed by atoms with E-state index in [9.17, 15) is 14.5 Å². The number of rotatable bonds is 3. The standard InChI is InChI=1S/C13H10BrFN2O3/c1-7-4-12(10(15)5-11(7)17(18)19)20-13-8(2)3-9(14)6-16-13/h3-6H,1-2H3. The van der Waals surface area contributed by atoms with Crippen LogP contribution in [-0.4, -0.2) is 9.91 Å². The number of ether oxygens (including phenoxy) is 1. The molecule has 1 aromatic heterocycles. The lowest BCUT2D eigenvalue weighted by Gasteiger charge is -2.09. The van der Waals surface area contributed by atoms with Gasteiger partial charge in [-0.1, -0.05) is 0 Å². The second kappa shape index (κ2) is 5.54. The summed E-state index contributed by atoms with van der Waals surface area (Å²) in [7, 11) is 0. The van der Waals surface area contributed by atoms with E-state index in [2.05, 4.69) is 20.9 Å². The first-order chi connectivity index (χ1) is 9.38. The molecule has 0 amide bonds. The largest absolute Gasteiger partial charge is 0.436 e. The van der Waals surface area contributed by atoms with Crippen molar-refractivity contribution in [3.8, 4) is 11.6 Å². The molecule has 0 aliphatic heterocycles. The van der Waals surface area contributed by atoms with Gasteiger partial charge in [-0.05, 0) is 41.9 Å². The number of hydrogen-bond acceptors (Lipinski definition) is 4. The minimum Gasteiger partial charge on any atom is -0.436 e. The van der Waals surface area contributed by atoms with Crippen molar-refractivity contribution in [1.82, 2.24) is 4.98 Å². The van der Waals surface area contributed by atoms with E-state index in [1.165, 1.54) is 19.2 Å². The van der Waals surface area contributed by atoms with Crippen molar-refractivity contribution < 1.29 is 14.1 Å². The van der Waals surface area contributed by atoms with Crippen LogP contribution in [0.15, 0.2) is 28.9 Å². The fraction of sp³-hybridized carbons (Fsp3) is 0.154. The van der Waals surface area contributed by atoms with E-state index in [1.807, 2.05) is 0 Å². The second-order valence-electron chi connectivity index (χ2n) is 4.20. The maximum absolute atomic E-state index is 13.8. The minimum absolute atomic E-state index is 0.0916. The highest BCUT2D eigenvalue weighted by Crippen LogP contribution is 2.31.